The van der Waals surface area contributed by atoms with Crippen LogP contribution in [-0.2, 0) is 16.0 Å². The van der Waals surface area contributed by atoms with E-state index in [9.17, 15) is 4.79 Å². The summed E-state index contributed by atoms with van der Waals surface area (Å²) in [6, 6.07) is 0. The second-order valence-electron chi connectivity index (χ2n) is 3.14. The third-order valence-corrected chi connectivity index (χ3v) is 2.21. The van der Waals surface area contributed by atoms with E-state index >= 15 is 0 Å². The Bertz CT molecular complexity index is 450. The Balaban J connectivity index is 2.35. The molecule has 0 N–H and O–H groups in total. The number of methoxy groups -OCH3 is 1. The molecule has 0 saturated heterocycles. The van der Waals surface area contributed by atoms with Crippen LogP contribution in [0.4, 0.5) is 0 Å². The Hall–Kier alpha value is -1.97. The monoisotopic (exact) mass is 202 g/mol. The average molecular weight is 202 g/mol. The van der Waals surface area contributed by atoms with Crippen LogP contribution in [0.3, 0.4) is 0 Å². The lowest BCUT2D eigenvalue weighted by molar-refractivity contribution is -0.136. The van der Waals surface area contributed by atoms with Crippen molar-refractivity contribution in [3.05, 3.63) is 41.5 Å². The lowest BCUT2D eigenvalue weighted by atomic mass is 10.1. The summed E-state index contributed by atoms with van der Waals surface area (Å²) in [5.41, 5.74) is 2.38. The summed E-state index contributed by atoms with van der Waals surface area (Å²) < 4.78 is 4.68. The SMILES string of the molecule is COC(=O)C1=CC=Cc2cncnc2C1. The van der Waals surface area contributed by atoms with Crippen molar-refractivity contribution in [2.45, 2.75) is 6.42 Å². The van der Waals surface area contributed by atoms with Crippen molar-refractivity contribution in [1.29, 1.82) is 0 Å². The number of carbonyl (C=O) groups is 1. The maximum Gasteiger partial charge on any atom is 0.334 e. The Kier molecular flexibility index (Phi) is 2.58. The van der Waals surface area contributed by atoms with Crippen LogP contribution in [0.15, 0.2) is 30.2 Å². The Morgan fingerprint density at radius 3 is 3.20 bits per heavy atom. The van der Waals surface area contributed by atoms with Crippen LogP contribution in [0.25, 0.3) is 6.08 Å². The van der Waals surface area contributed by atoms with E-state index in [4.69, 9.17) is 0 Å². The van der Waals surface area contributed by atoms with E-state index in [1.54, 1.807) is 18.3 Å². The van der Waals surface area contributed by atoms with E-state index in [1.807, 2.05) is 6.08 Å². The van der Waals surface area contributed by atoms with E-state index < -0.39 is 0 Å². The molecule has 15 heavy (non-hydrogen) atoms. The molecular weight excluding hydrogens is 192 g/mol. The minimum atomic E-state index is -0.314. The maximum absolute atomic E-state index is 11.4. The van der Waals surface area contributed by atoms with Crippen molar-refractivity contribution < 1.29 is 9.53 Å². The topological polar surface area (TPSA) is 52.1 Å². The zero-order valence-corrected chi connectivity index (χ0v) is 8.30. The molecule has 1 aliphatic rings. The predicted octanol–water partition coefficient (Wildman–Crippen LogP) is 1.15. The molecular formula is C11H10N2O2. The summed E-state index contributed by atoms with van der Waals surface area (Å²) in [6.45, 7) is 0. The first-order valence-electron chi connectivity index (χ1n) is 4.55. The van der Waals surface area contributed by atoms with Crippen LogP contribution in [0.5, 0.6) is 0 Å². The molecule has 76 valence electrons. The number of allylic oxidation sites excluding steroid dienone is 2. The predicted molar refractivity (Wildman–Crippen MR) is 54.9 cm³/mol. The molecule has 0 atom stereocenters. The number of hydrogen-bond acceptors (Lipinski definition) is 4. The summed E-state index contributed by atoms with van der Waals surface area (Å²) in [4.78, 5) is 19.4. The Morgan fingerprint density at radius 1 is 1.53 bits per heavy atom. The second-order valence-corrected chi connectivity index (χ2v) is 3.14. The van der Waals surface area contributed by atoms with Gasteiger partial charge in [-0.2, -0.15) is 0 Å². The minimum absolute atomic E-state index is 0.314. The van der Waals surface area contributed by atoms with Gasteiger partial charge in [-0.15, -0.1) is 0 Å². The molecule has 0 aliphatic heterocycles. The van der Waals surface area contributed by atoms with Gasteiger partial charge >= 0.3 is 5.97 Å². The van der Waals surface area contributed by atoms with Crippen LogP contribution in [0.1, 0.15) is 11.3 Å². The number of esters is 1. The molecule has 2 rings (SSSR count). The molecule has 0 saturated carbocycles. The molecule has 0 amide bonds. The number of rotatable bonds is 1. The highest BCUT2D eigenvalue weighted by Gasteiger charge is 2.14. The smallest absolute Gasteiger partial charge is 0.334 e. The summed E-state index contributed by atoms with van der Waals surface area (Å²) in [5, 5.41) is 0. The lowest BCUT2D eigenvalue weighted by Gasteiger charge is -2.04. The number of carbonyl (C=O) groups excluding carboxylic acids is 1. The maximum atomic E-state index is 11.4. The van der Waals surface area contributed by atoms with Gasteiger partial charge in [-0.05, 0) is 0 Å². The third-order valence-electron chi connectivity index (χ3n) is 2.21. The Morgan fingerprint density at radius 2 is 2.40 bits per heavy atom. The quantitative estimate of drug-likeness (QED) is 0.641. The van der Waals surface area contributed by atoms with Gasteiger partial charge in [0, 0.05) is 23.8 Å². The first kappa shape index (κ1) is 9.58. The lowest BCUT2D eigenvalue weighted by Crippen LogP contribution is -2.08. The van der Waals surface area contributed by atoms with Gasteiger partial charge in [0.2, 0.25) is 0 Å². The Labute approximate surface area is 87.3 Å². The van der Waals surface area contributed by atoms with Crippen LogP contribution in [0.2, 0.25) is 0 Å². The molecule has 4 heteroatoms. The van der Waals surface area contributed by atoms with Crippen molar-refractivity contribution >= 4 is 12.0 Å². The van der Waals surface area contributed by atoms with Crippen LogP contribution in [0, 0.1) is 0 Å². The fourth-order valence-electron chi connectivity index (χ4n) is 1.43. The average Bonchev–Trinajstić information content (AvgIpc) is 2.49. The number of aromatic nitrogens is 2. The largest absolute Gasteiger partial charge is 0.466 e. The molecule has 0 radical (unpaired) electrons. The van der Waals surface area contributed by atoms with Crippen molar-refractivity contribution in [2.75, 3.05) is 7.11 Å². The highest BCUT2D eigenvalue weighted by molar-refractivity contribution is 5.90. The van der Waals surface area contributed by atoms with Crippen LogP contribution >= 0.6 is 0 Å². The zero-order chi connectivity index (χ0) is 10.7. The van der Waals surface area contributed by atoms with E-state index in [1.165, 1.54) is 13.4 Å². The van der Waals surface area contributed by atoms with Crippen LogP contribution in [-0.4, -0.2) is 23.0 Å². The van der Waals surface area contributed by atoms with Crippen LogP contribution < -0.4 is 0 Å². The first-order chi connectivity index (χ1) is 7.31. The fraction of sp³-hybridized carbons (Fsp3) is 0.182. The first-order valence-corrected chi connectivity index (χ1v) is 4.55. The van der Waals surface area contributed by atoms with E-state index in [0.29, 0.717) is 12.0 Å². The van der Waals surface area contributed by atoms with Gasteiger partial charge < -0.3 is 4.74 Å². The molecule has 0 aromatic carbocycles. The molecule has 1 aliphatic carbocycles. The van der Waals surface area contributed by atoms with E-state index in [2.05, 4.69) is 14.7 Å². The molecule has 0 unspecified atom stereocenters. The molecule has 0 bridgehead atoms. The van der Waals surface area contributed by atoms with Crippen molar-refractivity contribution in [3.63, 3.8) is 0 Å². The summed E-state index contributed by atoms with van der Waals surface area (Å²) >= 11 is 0. The molecule has 1 aromatic heterocycles. The van der Waals surface area contributed by atoms with E-state index in [0.717, 1.165) is 11.3 Å². The van der Waals surface area contributed by atoms with Gasteiger partial charge in [-0.25, -0.2) is 14.8 Å². The van der Waals surface area contributed by atoms with Gasteiger partial charge in [-0.3, -0.25) is 0 Å². The van der Waals surface area contributed by atoms with Crippen molar-refractivity contribution in [1.82, 2.24) is 9.97 Å². The summed E-state index contributed by atoms with van der Waals surface area (Å²) in [6.07, 6.45) is 9.12. The van der Waals surface area contributed by atoms with Gasteiger partial charge in [0.05, 0.1) is 12.8 Å². The fourth-order valence-corrected chi connectivity index (χ4v) is 1.43. The number of hydrogen-bond donors (Lipinski definition) is 0. The van der Waals surface area contributed by atoms with Gasteiger partial charge in [0.1, 0.15) is 6.33 Å². The molecule has 0 fully saturated rings. The van der Waals surface area contributed by atoms with E-state index in [-0.39, 0.29) is 5.97 Å². The summed E-state index contributed by atoms with van der Waals surface area (Å²) in [7, 11) is 1.37. The highest BCUT2D eigenvalue weighted by atomic mass is 16.5. The van der Waals surface area contributed by atoms with Gasteiger partial charge in [-0.1, -0.05) is 18.2 Å². The summed E-state index contributed by atoms with van der Waals surface area (Å²) in [5.74, 6) is -0.314. The van der Waals surface area contributed by atoms with Gasteiger partial charge in [0.15, 0.2) is 0 Å². The van der Waals surface area contributed by atoms with Crippen molar-refractivity contribution in [2.24, 2.45) is 0 Å². The zero-order valence-electron chi connectivity index (χ0n) is 8.30. The second kappa shape index (κ2) is 4.04. The standard InChI is InChI=1S/C11H10N2O2/c1-15-11(14)8-3-2-4-9-6-12-7-13-10(9)5-8/h2-4,6-7H,5H2,1H3. The third kappa shape index (κ3) is 1.93. The normalized spacial score (nSPS) is 13.8. The minimum Gasteiger partial charge on any atom is -0.466 e. The van der Waals surface area contributed by atoms with Crippen molar-refractivity contribution in [3.8, 4) is 0 Å². The molecule has 4 nitrogen and oxygen atoms in total. The molecule has 1 aromatic rings. The molecule has 1 heterocycles. The number of nitrogens with zero attached hydrogens (tertiary/aromatic N) is 2. The number of ether oxygens (including phenoxy) is 1. The highest BCUT2D eigenvalue weighted by Crippen LogP contribution is 2.16. The van der Waals surface area contributed by atoms with Gasteiger partial charge in [0.25, 0.3) is 0 Å². The number of fused-ring (bicyclic) bond motifs is 1. The molecule has 0 spiro atoms.